The highest BCUT2D eigenvalue weighted by atomic mass is 32.2. The van der Waals surface area contributed by atoms with Gasteiger partial charge in [0.15, 0.2) is 16.0 Å². The van der Waals surface area contributed by atoms with Crippen LogP contribution >= 0.6 is 0 Å². The smallest absolute Gasteiger partial charge is 0.287 e. The van der Waals surface area contributed by atoms with Gasteiger partial charge in [-0.15, -0.1) is 0 Å². The maximum Gasteiger partial charge on any atom is 0.287 e. The Morgan fingerprint density at radius 3 is 2.62 bits per heavy atom. The Bertz CT molecular complexity index is 1090. The zero-order chi connectivity index (χ0) is 18.4. The summed E-state index contributed by atoms with van der Waals surface area (Å²) in [6.45, 7) is 0. The van der Waals surface area contributed by atoms with E-state index in [0.29, 0.717) is 17.5 Å². The fourth-order valence-electron chi connectivity index (χ4n) is 2.71. The molecule has 10 heteroatoms. The summed E-state index contributed by atoms with van der Waals surface area (Å²) in [5.41, 5.74) is 1.52. The van der Waals surface area contributed by atoms with Gasteiger partial charge in [-0.1, -0.05) is 4.59 Å². The molecule has 0 aliphatic carbocycles. The van der Waals surface area contributed by atoms with Gasteiger partial charge in [-0.2, -0.15) is 10.1 Å². The molecule has 0 bridgehead atoms. The van der Waals surface area contributed by atoms with Crippen LogP contribution in [0.2, 0.25) is 0 Å². The number of nitrogens with one attached hydrogen (secondary N) is 1. The lowest BCUT2D eigenvalue weighted by atomic mass is 10.3. The van der Waals surface area contributed by atoms with Crippen molar-refractivity contribution in [3.05, 3.63) is 49.1 Å². The van der Waals surface area contributed by atoms with Crippen LogP contribution in [0.3, 0.4) is 0 Å². The van der Waals surface area contributed by atoms with Crippen LogP contribution in [0.15, 0.2) is 69.0 Å². The molecular formula is C16H16N7O2S+. The summed E-state index contributed by atoms with van der Waals surface area (Å²) in [6, 6.07) is 6.43. The highest BCUT2D eigenvalue weighted by Gasteiger charge is 2.43. The van der Waals surface area contributed by atoms with Crippen LogP contribution in [0, 0.1) is 0 Å². The number of guanidine groups is 1. The van der Waals surface area contributed by atoms with E-state index in [9.17, 15) is 8.42 Å². The molecule has 2 aromatic rings. The van der Waals surface area contributed by atoms with Crippen LogP contribution in [0.1, 0.15) is 0 Å². The van der Waals surface area contributed by atoms with E-state index in [2.05, 4.69) is 25.5 Å². The third-order valence-electron chi connectivity index (χ3n) is 4.00. The number of amidine groups is 1. The first-order chi connectivity index (χ1) is 12.4. The summed E-state index contributed by atoms with van der Waals surface area (Å²) in [7, 11) is -1.40. The Morgan fingerprint density at radius 1 is 1.19 bits per heavy atom. The number of hydrogen-bond donors (Lipinski definition) is 1. The van der Waals surface area contributed by atoms with Gasteiger partial charge in [-0.25, -0.2) is 8.42 Å². The van der Waals surface area contributed by atoms with Crippen LogP contribution in [0.5, 0.6) is 0 Å². The molecule has 0 radical (unpaired) electrons. The molecule has 26 heavy (non-hydrogen) atoms. The Labute approximate surface area is 150 Å². The summed E-state index contributed by atoms with van der Waals surface area (Å²) < 4.78 is 24.9. The number of nitrogens with zero attached hydrogens (tertiary/aromatic N) is 6. The van der Waals surface area contributed by atoms with Gasteiger partial charge in [0.05, 0.1) is 17.3 Å². The molecule has 1 aromatic carbocycles. The van der Waals surface area contributed by atoms with Gasteiger partial charge in [0.2, 0.25) is 5.69 Å². The molecule has 4 rings (SSSR count). The molecule has 0 saturated heterocycles. The molecule has 1 atom stereocenters. The average molecular weight is 370 g/mol. The van der Waals surface area contributed by atoms with Crippen molar-refractivity contribution < 1.29 is 8.42 Å². The molecule has 1 unspecified atom stereocenters. The first kappa shape index (κ1) is 16.4. The zero-order valence-electron chi connectivity index (χ0n) is 14.1. The molecule has 0 saturated carbocycles. The Morgan fingerprint density at radius 2 is 1.96 bits per heavy atom. The van der Waals surface area contributed by atoms with E-state index in [1.165, 1.54) is 6.26 Å². The molecule has 1 N–H and O–H groups in total. The van der Waals surface area contributed by atoms with E-state index in [1.54, 1.807) is 47.6 Å². The summed E-state index contributed by atoms with van der Waals surface area (Å²) in [5.74, 6) is 1.03. The highest BCUT2D eigenvalue weighted by molar-refractivity contribution is 7.90. The molecule has 132 valence electrons. The van der Waals surface area contributed by atoms with Crippen molar-refractivity contribution in [2.45, 2.75) is 4.90 Å². The molecule has 2 aliphatic heterocycles. The van der Waals surface area contributed by atoms with Crippen molar-refractivity contribution in [2.75, 3.05) is 11.6 Å². The first-order valence-electron chi connectivity index (χ1n) is 7.72. The number of aliphatic imine (C=N–C) groups is 2. The lowest BCUT2D eigenvalue weighted by Crippen LogP contribution is -2.44. The zero-order valence-corrected chi connectivity index (χ0v) is 14.9. The maximum atomic E-state index is 11.6. The Kier molecular flexibility index (Phi) is 3.60. The van der Waals surface area contributed by atoms with Crippen LogP contribution < -0.4 is 9.91 Å². The predicted octanol–water partition coefficient (Wildman–Crippen LogP) is 1.48. The van der Waals surface area contributed by atoms with Gasteiger partial charge in [0.1, 0.15) is 12.4 Å². The van der Waals surface area contributed by atoms with E-state index in [4.69, 9.17) is 0 Å². The monoisotopic (exact) mass is 370 g/mol. The minimum Gasteiger partial charge on any atom is -0.320 e. The fourth-order valence-corrected chi connectivity index (χ4v) is 3.34. The first-order valence-corrected chi connectivity index (χ1v) is 9.61. The molecule has 0 amide bonds. The Hall–Kier alpha value is -3.11. The van der Waals surface area contributed by atoms with Gasteiger partial charge in [-0.05, 0) is 29.4 Å². The van der Waals surface area contributed by atoms with Crippen LogP contribution in [0.4, 0.5) is 11.4 Å². The molecule has 1 aromatic heterocycles. The second-order valence-corrected chi connectivity index (χ2v) is 7.96. The predicted molar refractivity (Wildman–Crippen MR) is 101 cm³/mol. The van der Waals surface area contributed by atoms with Gasteiger partial charge in [0.25, 0.3) is 11.8 Å². The summed E-state index contributed by atoms with van der Waals surface area (Å²) in [5, 5.41) is 12.0. The second kappa shape index (κ2) is 5.71. The van der Waals surface area contributed by atoms with E-state index in [0.717, 1.165) is 5.69 Å². The van der Waals surface area contributed by atoms with E-state index < -0.39 is 9.84 Å². The maximum absolute atomic E-state index is 11.6. The van der Waals surface area contributed by atoms with Crippen molar-refractivity contribution in [2.24, 2.45) is 22.1 Å². The largest absolute Gasteiger partial charge is 0.320 e. The normalized spacial score (nSPS) is 21.3. The number of aromatic nitrogens is 2. The number of benzene rings is 1. The SMILES string of the molecule is Cn1cc([N+]23C=CN=CC2=NC(Nc2ccc(S(C)(=O)=O)cc2)=N3)cn1. The number of quaternary nitrogens is 1. The van der Waals surface area contributed by atoms with Crippen LogP contribution in [0.25, 0.3) is 0 Å². The van der Waals surface area contributed by atoms with Crippen molar-refractivity contribution >= 4 is 39.2 Å². The number of anilines is 1. The number of rotatable bonds is 3. The number of aryl methyl sites for hydroxylation is 1. The van der Waals surface area contributed by atoms with Gasteiger partial charge >= 0.3 is 0 Å². The highest BCUT2D eigenvalue weighted by Crippen LogP contribution is 2.30. The van der Waals surface area contributed by atoms with Crippen molar-refractivity contribution in [1.82, 2.24) is 14.4 Å². The third kappa shape index (κ3) is 2.74. The number of hydrogen-bond acceptors (Lipinski definition) is 7. The van der Waals surface area contributed by atoms with Crippen LogP contribution in [-0.2, 0) is 16.9 Å². The minimum absolute atomic E-state index is 0.0428. The molecule has 0 spiro atoms. The lowest BCUT2D eigenvalue weighted by molar-refractivity contribution is 0.591. The van der Waals surface area contributed by atoms with Gasteiger partial charge < -0.3 is 5.32 Å². The summed E-state index contributed by atoms with van der Waals surface area (Å²) in [4.78, 5) is 8.89. The fraction of sp³-hybridized carbons (Fsp3) is 0.125. The second-order valence-electron chi connectivity index (χ2n) is 5.95. The van der Waals surface area contributed by atoms with Crippen molar-refractivity contribution in [3.8, 4) is 0 Å². The quantitative estimate of drug-likeness (QED) is 0.827. The summed E-state index contributed by atoms with van der Waals surface area (Å²) >= 11 is 0. The van der Waals surface area contributed by atoms with Gasteiger partial charge in [0, 0.05) is 19.0 Å². The molecule has 0 fully saturated rings. The molecule has 9 nitrogen and oxygen atoms in total. The number of fused-ring (bicyclic) bond motifs is 1. The molecular weight excluding hydrogens is 354 g/mol. The average Bonchev–Trinajstić information content (AvgIpc) is 3.18. The summed E-state index contributed by atoms with van der Waals surface area (Å²) in [6.07, 6.45) is 9.90. The lowest BCUT2D eigenvalue weighted by Gasteiger charge is -2.21. The van der Waals surface area contributed by atoms with Crippen molar-refractivity contribution in [1.29, 1.82) is 0 Å². The minimum atomic E-state index is -3.23. The Balaban J connectivity index is 1.67. The van der Waals surface area contributed by atoms with E-state index in [1.807, 2.05) is 19.4 Å². The van der Waals surface area contributed by atoms with E-state index in [-0.39, 0.29) is 9.49 Å². The van der Waals surface area contributed by atoms with Crippen LogP contribution in [-0.4, -0.2) is 42.5 Å². The third-order valence-corrected chi connectivity index (χ3v) is 5.13. The van der Waals surface area contributed by atoms with Gasteiger partial charge in [-0.3, -0.25) is 9.67 Å². The molecule has 2 aliphatic rings. The number of sulfone groups is 1. The standard InChI is InChI=1S/C16H16N7O2S/c1-22-11-13(9-18-22)23-8-7-17-10-15(23)20-16(21-23)19-12-3-5-14(6-4-12)26(2,24)25/h3-11H,1-2H3,(H,19,21)/q+1. The molecule has 3 heterocycles. The van der Waals surface area contributed by atoms with E-state index >= 15 is 0 Å². The van der Waals surface area contributed by atoms with Crippen molar-refractivity contribution in [3.63, 3.8) is 0 Å². The topological polar surface area (TPSA) is 101 Å².